The van der Waals surface area contributed by atoms with Gasteiger partial charge in [-0.2, -0.15) is 9.97 Å². The van der Waals surface area contributed by atoms with Gasteiger partial charge in [-0.05, 0) is 62.7 Å². The van der Waals surface area contributed by atoms with E-state index in [1.54, 1.807) is 0 Å². The second kappa shape index (κ2) is 12.9. The summed E-state index contributed by atoms with van der Waals surface area (Å²) in [6, 6.07) is 73.5. The van der Waals surface area contributed by atoms with Crippen LogP contribution < -0.4 is 0 Å². The van der Waals surface area contributed by atoms with Crippen molar-refractivity contribution in [2.45, 2.75) is 5.41 Å². The number of hydrogen-bond donors (Lipinski definition) is 0. The highest BCUT2D eigenvalue weighted by molar-refractivity contribution is 6.10. The normalized spacial score (nSPS) is 12.8. The topological polar surface area (TPSA) is 43.6 Å². The highest BCUT2D eigenvalue weighted by Crippen LogP contribution is 2.56. The molecule has 0 radical (unpaired) electrons. The zero-order valence-electron chi connectivity index (χ0n) is 30.4. The van der Waals surface area contributed by atoms with Crippen molar-refractivity contribution in [3.8, 4) is 51.0 Å². The molecule has 1 aliphatic rings. The lowest BCUT2D eigenvalue weighted by atomic mass is 9.67. The Morgan fingerprint density at radius 1 is 0.339 bits per heavy atom. The van der Waals surface area contributed by atoms with Crippen LogP contribution in [-0.2, 0) is 5.41 Å². The maximum atomic E-state index is 5.27. The van der Waals surface area contributed by atoms with Gasteiger partial charge >= 0.3 is 0 Å². The third-order valence-corrected chi connectivity index (χ3v) is 11.4. The smallest absolute Gasteiger partial charge is 0.238 e. The minimum absolute atomic E-state index is 0.553. The molecule has 4 nitrogen and oxygen atoms in total. The fraction of sp³-hybridized carbons (Fsp3) is 0.0192. The quantitative estimate of drug-likeness (QED) is 0.172. The molecule has 2 aromatic heterocycles. The van der Waals surface area contributed by atoms with Crippen molar-refractivity contribution in [2.75, 3.05) is 0 Å². The van der Waals surface area contributed by atoms with Crippen LogP contribution in [0.4, 0.5) is 0 Å². The Kier molecular flexibility index (Phi) is 7.36. The average molecular weight is 715 g/mol. The number of fused-ring (bicyclic) bond motifs is 6. The van der Waals surface area contributed by atoms with Crippen molar-refractivity contribution in [1.29, 1.82) is 0 Å². The lowest BCUT2D eigenvalue weighted by Gasteiger charge is -2.34. The molecule has 262 valence electrons. The van der Waals surface area contributed by atoms with Gasteiger partial charge in [0.2, 0.25) is 5.95 Å². The molecule has 10 aromatic rings. The van der Waals surface area contributed by atoms with Crippen molar-refractivity contribution >= 4 is 21.8 Å². The van der Waals surface area contributed by atoms with E-state index >= 15 is 0 Å². The minimum Gasteiger partial charge on any atom is -0.278 e. The zero-order chi connectivity index (χ0) is 37.1. The Labute approximate surface area is 325 Å². The molecule has 0 spiro atoms. The van der Waals surface area contributed by atoms with Crippen LogP contribution in [0.5, 0.6) is 0 Å². The van der Waals surface area contributed by atoms with E-state index in [1.165, 1.54) is 38.9 Å². The zero-order valence-corrected chi connectivity index (χ0v) is 30.4. The second-order valence-electron chi connectivity index (χ2n) is 14.4. The molecule has 0 bridgehead atoms. The van der Waals surface area contributed by atoms with E-state index < -0.39 is 5.41 Å². The molecule has 0 atom stereocenters. The van der Waals surface area contributed by atoms with Gasteiger partial charge in [0.25, 0.3) is 0 Å². The number of hydrogen-bond acceptors (Lipinski definition) is 3. The Morgan fingerprint density at radius 2 is 0.857 bits per heavy atom. The number of benzene rings is 8. The Morgan fingerprint density at radius 3 is 1.45 bits per heavy atom. The van der Waals surface area contributed by atoms with E-state index in [1.807, 2.05) is 36.4 Å². The summed E-state index contributed by atoms with van der Waals surface area (Å²) in [7, 11) is 0. The molecule has 8 aromatic carbocycles. The molecule has 0 fully saturated rings. The summed E-state index contributed by atoms with van der Waals surface area (Å²) in [5.74, 6) is 1.82. The van der Waals surface area contributed by atoms with Crippen molar-refractivity contribution in [2.24, 2.45) is 0 Å². The molecule has 2 heterocycles. The van der Waals surface area contributed by atoms with Crippen LogP contribution in [0, 0.1) is 0 Å². The van der Waals surface area contributed by atoms with Crippen molar-refractivity contribution in [3.05, 3.63) is 229 Å². The van der Waals surface area contributed by atoms with Gasteiger partial charge in [-0.1, -0.05) is 188 Å². The van der Waals surface area contributed by atoms with E-state index in [0.717, 1.165) is 38.5 Å². The molecular formula is C52H34N4. The average Bonchev–Trinajstić information content (AvgIpc) is 3.77. The number of rotatable bonds is 6. The van der Waals surface area contributed by atoms with E-state index in [9.17, 15) is 0 Å². The lowest BCUT2D eigenvalue weighted by molar-refractivity contribution is 0.769. The summed E-state index contributed by atoms with van der Waals surface area (Å²) in [5.41, 5.74) is 13.2. The minimum atomic E-state index is -0.553. The fourth-order valence-electron chi connectivity index (χ4n) is 8.89. The molecule has 0 N–H and O–H groups in total. The molecule has 56 heavy (non-hydrogen) atoms. The molecule has 4 heteroatoms. The maximum absolute atomic E-state index is 5.27. The van der Waals surface area contributed by atoms with Gasteiger partial charge in [0.05, 0.1) is 16.4 Å². The molecule has 0 amide bonds. The summed E-state index contributed by atoms with van der Waals surface area (Å²) in [4.78, 5) is 15.6. The summed E-state index contributed by atoms with van der Waals surface area (Å²) in [5, 5.41) is 2.27. The van der Waals surface area contributed by atoms with Gasteiger partial charge in [0.1, 0.15) is 0 Å². The summed E-state index contributed by atoms with van der Waals surface area (Å²) in [6.07, 6.45) is 0. The predicted molar refractivity (Wildman–Crippen MR) is 228 cm³/mol. The van der Waals surface area contributed by atoms with Crippen LogP contribution in [0.25, 0.3) is 72.8 Å². The highest BCUT2D eigenvalue weighted by Gasteiger charge is 2.46. The number of aromatic nitrogens is 4. The number of nitrogens with zero attached hydrogens (tertiary/aromatic N) is 4. The third kappa shape index (κ3) is 4.89. The molecule has 11 rings (SSSR count). The second-order valence-corrected chi connectivity index (χ2v) is 14.4. The Hall–Kier alpha value is -7.43. The fourth-order valence-corrected chi connectivity index (χ4v) is 8.89. The van der Waals surface area contributed by atoms with Gasteiger partial charge < -0.3 is 0 Å². The van der Waals surface area contributed by atoms with Crippen LogP contribution in [-0.4, -0.2) is 19.5 Å². The highest BCUT2D eigenvalue weighted by atomic mass is 15.2. The predicted octanol–water partition coefficient (Wildman–Crippen LogP) is 12.3. The third-order valence-electron chi connectivity index (χ3n) is 11.4. The SMILES string of the molecule is c1ccc(-c2ccc3c(c2)c2ccc(C4(c5ccccc5)c5ccccc5-c5ccccc54)cc2n3-c2nc(-c3ccccc3)nc(-c3ccccc3)n2)cc1. The first-order valence-electron chi connectivity index (χ1n) is 19.0. The standard InChI is InChI=1S/C52H34N4/c1-5-17-35(18-6-1)38-29-32-47-44(33-38)43-31-30-40(52(39-23-11-4-12-24-39)45-27-15-13-25-41(45)42-26-14-16-28-46(42)52)34-48(43)56(47)51-54-49(36-19-7-2-8-20-36)53-50(55-51)37-21-9-3-10-22-37/h1-34H. The van der Waals surface area contributed by atoms with Gasteiger partial charge in [0, 0.05) is 21.9 Å². The maximum Gasteiger partial charge on any atom is 0.238 e. The molecule has 0 aliphatic heterocycles. The molecule has 0 unspecified atom stereocenters. The van der Waals surface area contributed by atoms with Gasteiger partial charge in [0.15, 0.2) is 11.6 Å². The molecular weight excluding hydrogens is 681 g/mol. The monoisotopic (exact) mass is 714 g/mol. The van der Waals surface area contributed by atoms with E-state index in [-0.39, 0.29) is 0 Å². The Bertz CT molecular complexity index is 2960. The Balaban J connectivity index is 1.25. The van der Waals surface area contributed by atoms with E-state index in [4.69, 9.17) is 15.0 Å². The van der Waals surface area contributed by atoms with E-state index in [0.29, 0.717) is 17.6 Å². The summed E-state index contributed by atoms with van der Waals surface area (Å²) < 4.78 is 2.24. The van der Waals surface area contributed by atoms with Gasteiger partial charge in [-0.3, -0.25) is 4.57 Å². The van der Waals surface area contributed by atoms with Gasteiger partial charge in [-0.15, -0.1) is 0 Å². The van der Waals surface area contributed by atoms with Gasteiger partial charge in [-0.25, -0.2) is 4.98 Å². The first-order chi connectivity index (χ1) is 27.8. The van der Waals surface area contributed by atoms with Crippen LogP contribution in [0.3, 0.4) is 0 Å². The van der Waals surface area contributed by atoms with Crippen molar-refractivity contribution < 1.29 is 0 Å². The van der Waals surface area contributed by atoms with Crippen LogP contribution in [0.1, 0.15) is 22.3 Å². The van der Waals surface area contributed by atoms with Crippen molar-refractivity contribution in [3.63, 3.8) is 0 Å². The molecule has 0 saturated carbocycles. The first-order valence-corrected chi connectivity index (χ1v) is 19.0. The van der Waals surface area contributed by atoms with Crippen LogP contribution in [0.15, 0.2) is 206 Å². The lowest BCUT2D eigenvalue weighted by Crippen LogP contribution is -2.28. The van der Waals surface area contributed by atoms with Crippen LogP contribution >= 0.6 is 0 Å². The summed E-state index contributed by atoms with van der Waals surface area (Å²) in [6.45, 7) is 0. The largest absolute Gasteiger partial charge is 0.278 e. The van der Waals surface area contributed by atoms with Crippen LogP contribution in [0.2, 0.25) is 0 Å². The molecule has 0 saturated heterocycles. The summed E-state index contributed by atoms with van der Waals surface area (Å²) >= 11 is 0. The van der Waals surface area contributed by atoms with E-state index in [2.05, 4.69) is 174 Å². The molecule has 1 aliphatic carbocycles. The first kappa shape index (κ1) is 32.0. The van der Waals surface area contributed by atoms with Crippen molar-refractivity contribution in [1.82, 2.24) is 19.5 Å².